The molecule has 0 saturated carbocycles. The number of alkyl halides is 1. The lowest BCUT2D eigenvalue weighted by molar-refractivity contribution is 0.492. The van der Waals surface area contributed by atoms with Gasteiger partial charge in [0.1, 0.15) is 0 Å². The number of halogens is 3. The van der Waals surface area contributed by atoms with Gasteiger partial charge in [-0.2, -0.15) is 0 Å². The van der Waals surface area contributed by atoms with E-state index in [1.54, 1.807) is 12.1 Å². The van der Waals surface area contributed by atoms with Gasteiger partial charge in [0.15, 0.2) is 11.6 Å². The van der Waals surface area contributed by atoms with Crippen molar-refractivity contribution in [2.24, 2.45) is 0 Å². The van der Waals surface area contributed by atoms with E-state index in [2.05, 4.69) is 15.9 Å². The normalized spacial score (nSPS) is 10.5. The summed E-state index contributed by atoms with van der Waals surface area (Å²) < 4.78 is 26.4. The minimum atomic E-state index is -0.720. The third-order valence-corrected chi connectivity index (χ3v) is 2.51. The first-order valence-electron chi connectivity index (χ1n) is 4.22. The van der Waals surface area contributed by atoms with Crippen LogP contribution in [0.3, 0.4) is 0 Å². The molecule has 0 radical (unpaired) electrons. The summed E-state index contributed by atoms with van der Waals surface area (Å²) in [7, 11) is 0. The molecular weight excluding hydrogens is 238 g/mol. The summed E-state index contributed by atoms with van der Waals surface area (Å²) in [6.07, 6.45) is 1.41. The molecule has 0 unspecified atom stereocenters. The average Bonchev–Trinajstić information content (AvgIpc) is 2.14. The van der Waals surface area contributed by atoms with E-state index in [1.165, 1.54) is 0 Å². The molecule has 1 aromatic carbocycles. The fourth-order valence-corrected chi connectivity index (χ4v) is 1.63. The lowest BCUT2D eigenvalue weighted by atomic mass is 10.1. The Morgan fingerprint density at radius 1 is 1.15 bits per heavy atom. The molecule has 0 bridgehead atoms. The van der Waals surface area contributed by atoms with Crippen LogP contribution in [0.1, 0.15) is 24.5 Å². The van der Waals surface area contributed by atoms with Crippen molar-refractivity contribution in [2.45, 2.75) is 25.1 Å². The number of hydrogen-bond acceptors (Lipinski definition) is 0. The second kappa shape index (κ2) is 4.70. The van der Waals surface area contributed by atoms with E-state index >= 15 is 0 Å². The molecule has 0 aliphatic rings. The van der Waals surface area contributed by atoms with Crippen molar-refractivity contribution in [3.63, 3.8) is 0 Å². The quantitative estimate of drug-likeness (QED) is 0.714. The Kier molecular flexibility index (Phi) is 3.85. The summed E-state index contributed by atoms with van der Waals surface area (Å²) in [6, 6.07) is 3.27. The van der Waals surface area contributed by atoms with Crippen LogP contribution in [0, 0.1) is 11.6 Å². The molecule has 0 aromatic heterocycles. The van der Waals surface area contributed by atoms with E-state index in [1.807, 2.05) is 6.92 Å². The molecule has 1 rings (SSSR count). The van der Waals surface area contributed by atoms with Gasteiger partial charge in [0.05, 0.1) is 0 Å². The standard InChI is InChI=1S/C10H11BrF2/c1-2-3-7-4-5-8(6-11)10(13)9(7)12/h4-5H,2-3,6H2,1H3. The van der Waals surface area contributed by atoms with Crippen molar-refractivity contribution < 1.29 is 8.78 Å². The highest BCUT2D eigenvalue weighted by Gasteiger charge is 2.11. The van der Waals surface area contributed by atoms with Crippen LogP contribution >= 0.6 is 15.9 Å². The third-order valence-electron chi connectivity index (χ3n) is 1.91. The first-order chi connectivity index (χ1) is 6.20. The van der Waals surface area contributed by atoms with E-state index in [0.29, 0.717) is 22.9 Å². The summed E-state index contributed by atoms with van der Waals surface area (Å²) in [4.78, 5) is 0. The molecule has 72 valence electrons. The van der Waals surface area contributed by atoms with Gasteiger partial charge in [-0.25, -0.2) is 8.78 Å². The van der Waals surface area contributed by atoms with Crippen LogP contribution < -0.4 is 0 Å². The minimum absolute atomic E-state index is 0.349. The highest BCUT2D eigenvalue weighted by atomic mass is 79.9. The molecular formula is C10H11BrF2. The highest BCUT2D eigenvalue weighted by molar-refractivity contribution is 9.08. The zero-order valence-electron chi connectivity index (χ0n) is 7.41. The van der Waals surface area contributed by atoms with Gasteiger partial charge in [-0.05, 0) is 12.0 Å². The fourth-order valence-electron chi connectivity index (χ4n) is 1.20. The topological polar surface area (TPSA) is 0 Å². The summed E-state index contributed by atoms with van der Waals surface area (Å²) in [5.41, 5.74) is 0.835. The zero-order valence-corrected chi connectivity index (χ0v) is 9.00. The predicted octanol–water partition coefficient (Wildman–Crippen LogP) is 3.81. The van der Waals surface area contributed by atoms with E-state index in [9.17, 15) is 8.78 Å². The van der Waals surface area contributed by atoms with E-state index < -0.39 is 11.6 Å². The van der Waals surface area contributed by atoms with Crippen molar-refractivity contribution in [3.05, 3.63) is 34.9 Å². The first kappa shape index (κ1) is 10.6. The highest BCUT2D eigenvalue weighted by Crippen LogP contribution is 2.19. The van der Waals surface area contributed by atoms with Gasteiger partial charge in [0.2, 0.25) is 0 Å². The molecule has 0 aliphatic carbocycles. The van der Waals surface area contributed by atoms with Gasteiger partial charge in [-0.3, -0.25) is 0 Å². The van der Waals surface area contributed by atoms with Crippen LogP contribution in [0.2, 0.25) is 0 Å². The van der Waals surface area contributed by atoms with Gasteiger partial charge in [0, 0.05) is 10.9 Å². The maximum absolute atomic E-state index is 13.2. The molecule has 13 heavy (non-hydrogen) atoms. The van der Waals surface area contributed by atoms with Crippen molar-refractivity contribution in [1.82, 2.24) is 0 Å². The Labute approximate surface area is 85.1 Å². The first-order valence-corrected chi connectivity index (χ1v) is 5.34. The molecule has 0 fully saturated rings. The van der Waals surface area contributed by atoms with Crippen LogP contribution in [0.5, 0.6) is 0 Å². The lowest BCUT2D eigenvalue weighted by Gasteiger charge is -2.05. The van der Waals surface area contributed by atoms with Crippen LogP contribution in [-0.2, 0) is 11.8 Å². The third kappa shape index (κ3) is 2.27. The number of rotatable bonds is 3. The van der Waals surface area contributed by atoms with Crippen LogP contribution in [0.25, 0.3) is 0 Å². The SMILES string of the molecule is CCCc1ccc(CBr)c(F)c1F. The average molecular weight is 249 g/mol. The molecule has 0 aliphatic heterocycles. The summed E-state index contributed by atoms with van der Waals surface area (Å²) in [6.45, 7) is 1.94. The van der Waals surface area contributed by atoms with Gasteiger partial charge in [-0.15, -0.1) is 0 Å². The molecule has 0 amide bonds. The molecule has 0 nitrogen and oxygen atoms in total. The van der Waals surface area contributed by atoms with E-state index in [-0.39, 0.29) is 0 Å². The van der Waals surface area contributed by atoms with Gasteiger partial charge < -0.3 is 0 Å². The van der Waals surface area contributed by atoms with Crippen LogP contribution in [0.4, 0.5) is 8.78 Å². The molecule has 0 atom stereocenters. The monoisotopic (exact) mass is 248 g/mol. The second-order valence-corrected chi connectivity index (χ2v) is 3.46. The van der Waals surface area contributed by atoms with Gasteiger partial charge in [-0.1, -0.05) is 41.4 Å². The van der Waals surface area contributed by atoms with Crippen molar-refractivity contribution in [3.8, 4) is 0 Å². The van der Waals surface area contributed by atoms with Crippen molar-refractivity contribution >= 4 is 15.9 Å². The Morgan fingerprint density at radius 2 is 1.69 bits per heavy atom. The summed E-state index contributed by atoms with van der Waals surface area (Å²) in [5.74, 6) is -1.42. The summed E-state index contributed by atoms with van der Waals surface area (Å²) >= 11 is 3.10. The second-order valence-electron chi connectivity index (χ2n) is 2.90. The van der Waals surface area contributed by atoms with Crippen molar-refractivity contribution in [1.29, 1.82) is 0 Å². The smallest absolute Gasteiger partial charge is 0.163 e. The molecule has 3 heteroatoms. The zero-order chi connectivity index (χ0) is 9.84. The minimum Gasteiger partial charge on any atom is -0.203 e. The largest absolute Gasteiger partial charge is 0.203 e. The van der Waals surface area contributed by atoms with Crippen LogP contribution in [-0.4, -0.2) is 0 Å². The van der Waals surface area contributed by atoms with Gasteiger partial charge >= 0.3 is 0 Å². The molecule has 0 spiro atoms. The number of aryl methyl sites for hydroxylation is 1. The number of benzene rings is 1. The maximum Gasteiger partial charge on any atom is 0.163 e. The Hall–Kier alpha value is -0.440. The lowest BCUT2D eigenvalue weighted by Crippen LogP contribution is -1.97. The Balaban J connectivity index is 3.07. The number of hydrogen-bond donors (Lipinski definition) is 0. The maximum atomic E-state index is 13.2. The Bertz CT molecular complexity index is 297. The van der Waals surface area contributed by atoms with Crippen LogP contribution in [0.15, 0.2) is 12.1 Å². The molecule has 0 heterocycles. The fraction of sp³-hybridized carbons (Fsp3) is 0.400. The molecule has 0 saturated heterocycles. The van der Waals surface area contributed by atoms with E-state index in [4.69, 9.17) is 0 Å². The van der Waals surface area contributed by atoms with Crippen molar-refractivity contribution in [2.75, 3.05) is 0 Å². The predicted molar refractivity (Wildman–Crippen MR) is 53.0 cm³/mol. The Morgan fingerprint density at radius 3 is 2.23 bits per heavy atom. The molecule has 0 N–H and O–H groups in total. The van der Waals surface area contributed by atoms with Gasteiger partial charge in [0.25, 0.3) is 0 Å². The molecule has 1 aromatic rings. The summed E-state index contributed by atoms with van der Waals surface area (Å²) in [5, 5.41) is 0.349. The van der Waals surface area contributed by atoms with E-state index in [0.717, 1.165) is 6.42 Å².